The van der Waals surface area contributed by atoms with E-state index in [-0.39, 0.29) is 17.3 Å². The highest BCUT2D eigenvalue weighted by molar-refractivity contribution is 5.95. The first-order chi connectivity index (χ1) is 20.2. The van der Waals surface area contributed by atoms with Crippen molar-refractivity contribution < 1.29 is 18.9 Å². The third-order valence-corrected chi connectivity index (χ3v) is 6.68. The van der Waals surface area contributed by atoms with Crippen LogP contribution in [0.1, 0.15) is 27.3 Å². The highest BCUT2D eigenvalue weighted by Gasteiger charge is 2.26. The lowest BCUT2D eigenvalue weighted by molar-refractivity contribution is 0.0335. The van der Waals surface area contributed by atoms with E-state index in [0.29, 0.717) is 56.5 Å². The Bertz CT molecular complexity index is 1690. The molecule has 0 spiro atoms. The molecule has 41 heavy (non-hydrogen) atoms. The predicted molar refractivity (Wildman–Crippen MR) is 150 cm³/mol. The van der Waals surface area contributed by atoms with Crippen LogP contribution in [-0.2, 0) is 17.9 Å². The summed E-state index contributed by atoms with van der Waals surface area (Å²) < 4.78 is 17.5. The number of morpholine rings is 1. The number of carbonyl (C=O) groups is 1. The summed E-state index contributed by atoms with van der Waals surface area (Å²) in [6.45, 7) is 3.36. The molecular weight excluding hydrogens is 526 g/mol. The average Bonchev–Trinajstić information content (AvgIpc) is 3.62. The van der Waals surface area contributed by atoms with Gasteiger partial charge in [0.15, 0.2) is 5.69 Å². The van der Waals surface area contributed by atoms with Crippen LogP contribution in [0.3, 0.4) is 0 Å². The highest BCUT2D eigenvalue weighted by Crippen LogP contribution is 2.23. The lowest BCUT2D eigenvalue weighted by Crippen LogP contribution is -2.36. The molecule has 1 aliphatic rings. The summed E-state index contributed by atoms with van der Waals surface area (Å²) >= 11 is 0. The summed E-state index contributed by atoms with van der Waals surface area (Å²) in [4.78, 5) is 15.5. The number of carbonyl (C=O) groups excluding carboxylic acids is 1. The Kier molecular flexibility index (Phi) is 7.60. The van der Waals surface area contributed by atoms with Crippen molar-refractivity contribution in [2.24, 2.45) is 5.10 Å². The summed E-state index contributed by atoms with van der Waals surface area (Å²) in [6.07, 6.45) is 1.53. The van der Waals surface area contributed by atoms with Crippen LogP contribution in [0.2, 0.25) is 0 Å². The molecule has 0 saturated carbocycles. The van der Waals surface area contributed by atoms with E-state index in [1.807, 2.05) is 48.5 Å². The SMILES string of the molecule is Nc1nonc1-n1nnc(CN2CCOCC2)c1C(=O)NN=Cc1ccccc1OCc1cccc2ccccc12. The van der Waals surface area contributed by atoms with Gasteiger partial charge in [-0.1, -0.05) is 59.8 Å². The van der Waals surface area contributed by atoms with Gasteiger partial charge in [0.05, 0.1) is 19.4 Å². The number of hydrazone groups is 1. The number of anilines is 1. The molecule has 0 unspecified atom stereocenters. The van der Waals surface area contributed by atoms with E-state index in [9.17, 15) is 4.79 Å². The van der Waals surface area contributed by atoms with E-state index in [1.165, 1.54) is 10.9 Å². The topological polar surface area (TPSA) is 159 Å². The third kappa shape index (κ3) is 5.76. The summed E-state index contributed by atoms with van der Waals surface area (Å²) in [5, 5.41) is 22.2. The molecule has 0 aliphatic carbocycles. The summed E-state index contributed by atoms with van der Waals surface area (Å²) in [5.74, 6) is 0.111. The Morgan fingerprint density at radius 1 is 1.05 bits per heavy atom. The van der Waals surface area contributed by atoms with Crippen LogP contribution in [0, 0.1) is 0 Å². The van der Waals surface area contributed by atoms with Gasteiger partial charge in [-0.3, -0.25) is 9.69 Å². The monoisotopic (exact) mass is 553 g/mol. The fourth-order valence-corrected chi connectivity index (χ4v) is 4.61. The number of para-hydroxylation sites is 1. The van der Waals surface area contributed by atoms with Gasteiger partial charge in [0.25, 0.3) is 5.91 Å². The molecule has 208 valence electrons. The van der Waals surface area contributed by atoms with E-state index in [2.05, 4.69) is 54.3 Å². The second-order valence-electron chi connectivity index (χ2n) is 9.32. The number of hydrogen-bond acceptors (Lipinski definition) is 11. The van der Waals surface area contributed by atoms with Gasteiger partial charge in [0, 0.05) is 25.2 Å². The van der Waals surface area contributed by atoms with E-state index in [4.69, 9.17) is 19.8 Å². The van der Waals surface area contributed by atoms with Gasteiger partial charge in [0.2, 0.25) is 11.6 Å². The van der Waals surface area contributed by atoms with Crippen molar-refractivity contribution in [1.82, 2.24) is 35.6 Å². The average molecular weight is 554 g/mol. The summed E-state index contributed by atoms with van der Waals surface area (Å²) in [7, 11) is 0. The van der Waals surface area contributed by atoms with Gasteiger partial charge < -0.3 is 15.2 Å². The number of nitrogens with two attached hydrogens (primary N) is 1. The zero-order valence-corrected chi connectivity index (χ0v) is 22.0. The number of fused-ring (bicyclic) bond motifs is 1. The molecule has 3 N–H and O–H groups in total. The van der Waals surface area contributed by atoms with Crippen LogP contribution in [0.4, 0.5) is 5.82 Å². The van der Waals surface area contributed by atoms with Crippen molar-refractivity contribution >= 4 is 28.7 Å². The van der Waals surface area contributed by atoms with Gasteiger partial charge in [0.1, 0.15) is 18.1 Å². The third-order valence-electron chi connectivity index (χ3n) is 6.68. The molecule has 1 amide bonds. The molecule has 1 saturated heterocycles. The number of amides is 1. The maximum atomic E-state index is 13.4. The first-order valence-corrected chi connectivity index (χ1v) is 13.0. The van der Waals surface area contributed by atoms with E-state index in [0.717, 1.165) is 16.3 Å². The number of aromatic nitrogens is 5. The number of nitrogens with one attached hydrogen (secondary N) is 1. The molecule has 13 heteroatoms. The zero-order valence-electron chi connectivity index (χ0n) is 22.0. The van der Waals surface area contributed by atoms with Gasteiger partial charge in [-0.25, -0.2) is 10.1 Å². The van der Waals surface area contributed by atoms with Crippen molar-refractivity contribution in [2.45, 2.75) is 13.2 Å². The first kappa shape index (κ1) is 26.1. The molecule has 3 aromatic carbocycles. The number of nitrogens with zero attached hydrogens (tertiary/aromatic N) is 7. The Labute approximate surface area is 234 Å². The fraction of sp³-hybridized carbons (Fsp3) is 0.214. The molecular formula is C28H27N9O4. The minimum absolute atomic E-state index is 0.0253. The number of benzene rings is 3. The molecule has 3 heterocycles. The standard InChI is InChI=1S/C28H27N9O4/c29-26-27(34-41-33-26)37-25(23(31-35-37)17-36-12-14-39-15-13-36)28(38)32-30-16-20-7-2-4-11-24(20)40-18-21-9-5-8-19-6-1-3-10-22(19)21/h1-11,16H,12-15,17-18H2,(H2,29,33)(H,32,38). The fourth-order valence-electron chi connectivity index (χ4n) is 4.61. The van der Waals surface area contributed by atoms with Gasteiger partial charge in [-0.2, -0.15) is 9.78 Å². The molecule has 1 aliphatic heterocycles. The number of rotatable bonds is 9. The van der Waals surface area contributed by atoms with E-state index >= 15 is 0 Å². The van der Waals surface area contributed by atoms with Crippen LogP contribution in [0.15, 0.2) is 76.5 Å². The minimum Gasteiger partial charge on any atom is -0.488 e. The second-order valence-corrected chi connectivity index (χ2v) is 9.32. The van der Waals surface area contributed by atoms with E-state index in [1.54, 1.807) is 0 Å². The first-order valence-electron chi connectivity index (χ1n) is 13.0. The minimum atomic E-state index is -0.550. The molecule has 5 aromatic rings. The van der Waals surface area contributed by atoms with Crippen molar-refractivity contribution in [3.63, 3.8) is 0 Å². The second kappa shape index (κ2) is 11.9. The van der Waals surface area contributed by atoms with Crippen LogP contribution in [0.5, 0.6) is 5.75 Å². The van der Waals surface area contributed by atoms with Gasteiger partial charge in [-0.15, -0.1) is 5.10 Å². The largest absolute Gasteiger partial charge is 0.488 e. The Morgan fingerprint density at radius 3 is 2.71 bits per heavy atom. The molecule has 0 bridgehead atoms. The lowest BCUT2D eigenvalue weighted by atomic mass is 10.1. The quantitative estimate of drug-likeness (QED) is 0.205. The van der Waals surface area contributed by atoms with Crippen LogP contribution < -0.4 is 15.9 Å². The number of nitrogen functional groups attached to an aromatic ring is 1. The number of hydrogen-bond donors (Lipinski definition) is 2. The van der Waals surface area contributed by atoms with E-state index < -0.39 is 5.91 Å². The smallest absolute Gasteiger partial charge is 0.292 e. The predicted octanol–water partition coefficient (Wildman–Crippen LogP) is 2.56. The van der Waals surface area contributed by atoms with Crippen molar-refractivity contribution in [3.05, 3.63) is 89.2 Å². The number of ether oxygens (including phenoxy) is 2. The van der Waals surface area contributed by atoms with Crippen molar-refractivity contribution in [3.8, 4) is 11.6 Å². The highest BCUT2D eigenvalue weighted by atomic mass is 16.6. The van der Waals surface area contributed by atoms with Crippen LogP contribution in [-0.4, -0.2) is 68.6 Å². The lowest BCUT2D eigenvalue weighted by Gasteiger charge is -2.25. The Morgan fingerprint density at radius 2 is 1.85 bits per heavy atom. The van der Waals surface area contributed by atoms with Gasteiger partial charge in [-0.05, 0) is 38.8 Å². The Balaban J connectivity index is 1.20. The molecule has 1 fully saturated rings. The molecule has 0 atom stereocenters. The summed E-state index contributed by atoms with van der Waals surface area (Å²) in [6, 6.07) is 21.8. The van der Waals surface area contributed by atoms with Crippen LogP contribution >= 0.6 is 0 Å². The molecule has 0 radical (unpaired) electrons. The van der Waals surface area contributed by atoms with Gasteiger partial charge >= 0.3 is 0 Å². The Hall–Kier alpha value is -5.14. The van der Waals surface area contributed by atoms with Crippen molar-refractivity contribution in [2.75, 3.05) is 32.0 Å². The van der Waals surface area contributed by atoms with Crippen molar-refractivity contribution in [1.29, 1.82) is 0 Å². The summed E-state index contributed by atoms with van der Waals surface area (Å²) in [5.41, 5.74) is 10.8. The normalized spacial score (nSPS) is 14.0. The maximum Gasteiger partial charge on any atom is 0.292 e. The molecule has 6 rings (SSSR count). The van der Waals surface area contributed by atoms with Crippen LogP contribution in [0.25, 0.3) is 16.6 Å². The molecule has 2 aromatic heterocycles. The maximum absolute atomic E-state index is 13.4. The zero-order chi connectivity index (χ0) is 28.0. The molecule has 13 nitrogen and oxygen atoms in total.